The van der Waals surface area contributed by atoms with Crippen molar-refractivity contribution in [3.63, 3.8) is 0 Å². The van der Waals surface area contributed by atoms with E-state index in [4.69, 9.17) is 0 Å². The number of aryl methyl sites for hydroxylation is 2. The Balaban J connectivity index is 0.00000103. The summed E-state index contributed by atoms with van der Waals surface area (Å²) in [5.41, 5.74) is 21.6. The molecule has 40 heavy (non-hydrogen) atoms. The van der Waals surface area contributed by atoms with E-state index in [2.05, 4.69) is 84.0 Å². The van der Waals surface area contributed by atoms with Crippen LogP contribution >= 0.6 is 0 Å². The fourth-order valence-corrected chi connectivity index (χ4v) is 5.42. The molecule has 2 aromatic carbocycles. The van der Waals surface area contributed by atoms with Gasteiger partial charge in [0, 0.05) is 22.3 Å². The molecule has 0 aromatic heterocycles. The van der Waals surface area contributed by atoms with E-state index in [1.165, 1.54) is 60.8 Å². The molecule has 0 saturated carbocycles. The SMILES string of the molecule is CCCCCC1=C(c2cccc(CCCC)c2)[N+](=[N-])C(c2cccc(CCCC)c2)=C1CCCC.C[O][Ni][O]C. The van der Waals surface area contributed by atoms with Gasteiger partial charge in [0.25, 0.3) is 0 Å². The molecular formula is C35H52N2NiO2. The van der Waals surface area contributed by atoms with Crippen LogP contribution in [0, 0.1) is 0 Å². The molecule has 0 spiro atoms. The Morgan fingerprint density at radius 1 is 0.600 bits per heavy atom. The molecule has 0 amide bonds. The number of unbranched alkanes of at least 4 members (excludes halogenated alkanes) is 5. The van der Waals surface area contributed by atoms with Crippen molar-refractivity contribution in [1.29, 1.82) is 0 Å². The Bertz CT molecular complexity index is 1100. The molecule has 0 bridgehead atoms. The van der Waals surface area contributed by atoms with E-state index >= 15 is 0 Å². The van der Waals surface area contributed by atoms with Crippen LogP contribution in [0.5, 0.6) is 0 Å². The van der Waals surface area contributed by atoms with Gasteiger partial charge in [-0.25, -0.2) is 4.70 Å². The molecule has 0 fully saturated rings. The number of hydrogen-bond acceptors (Lipinski definition) is 2. The normalized spacial score (nSPS) is 13.3. The molecule has 0 atom stereocenters. The van der Waals surface area contributed by atoms with Crippen molar-refractivity contribution in [3.05, 3.63) is 87.5 Å². The van der Waals surface area contributed by atoms with Crippen molar-refractivity contribution in [2.24, 2.45) is 0 Å². The van der Waals surface area contributed by atoms with Gasteiger partial charge in [0.2, 0.25) is 11.4 Å². The second kappa shape index (κ2) is 19.9. The summed E-state index contributed by atoms with van der Waals surface area (Å²) < 4.78 is 10.4. The van der Waals surface area contributed by atoms with Gasteiger partial charge in [-0.15, -0.1) is 0 Å². The Morgan fingerprint density at radius 2 is 1.02 bits per heavy atom. The standard InChI is InChI=1S/C33H46N2.2CH3O.Ni/c1-5-9-13-23-31-30(22-12-8-4)32(28-20-14-18-26(24-28)16-10-6-2)35(34)33(31)29-21-15-19-27(25-29)17-11-7-3;2*1-2;/h14-15,18-21,24-25H,5-13,16-17,22-23H2,1-4H3;2*1H3;/q;2*-1;+2. The number of benzene rings is 2. The summed E-state index contributed by atoms with van der Waals surface area (Å²) >= 11 is 0.819. The van der Waals surface area contributed by atoms with Crippen LogP contribution in [0.25, 0.3) is 16.9 Å². The molecule has 1 aliphatic heterocycles. The van der Waals surface area contributed by atoms with E-state index in [0.29, 0.717) is 0 Å². The average Bonchev–Trinajstić information content (AvgIpc) is 3.25. The second-order valence-electron chi connectivity index (χ2n) is 10.4. The Hall–Kier alpha value is -2.07. The van der Waals surface area contributed by atoms with Gasteiger partial charge in [0.05, 0.1) is 0 Å². The molecule has 0 saturated heterocycles. The van der Waals surface area contributed by atoms with E-state index in [1.54, 1.807) is 18.9 Å². The van der Waals surface area contributed by atoms with Crippen molar-refractivity contribution in [1.82, 2.24) is 0 Å². The minimum absolute atomic E-state index is 0.819. The maximum absolute atomic E-state index is 11.8. The summed E-state index contributed by atoms with van der Waals surface area (Å²) in [5, 5.41) is 0. The molecule has 0 unspecified atom stereocenters. The third-order valence-corrected chi connectivity index (χ3v) is 7.64. The Morgan fingerprint density at radius 3 is 1.43 bits per heavy atom. The maximum atomic E-state index is 11.8. The molecule has 4 nitrogen and oxygen atoms in total. The first-order valence-electron chi connectivity index (χ1n) is 15.4. The second-order valence-corrected chi connectivity index (χ2v) is 11.4. The van der Waals surface area contributed by atoms with Crippen molar-refractivity contribution in [2.45, 2.75) is 111 Å². The van der Waals surface area contributed by atoms with E-state index < -0.39 is 0 Å². The molecule has 5 heteroatoms. The third kappa shape index (κ3) is 10.4. The van der Waals surface area contributed by atoms with Gasteiger partial charge in [0.1, 0.15) is 0 Å². The molecular weight excluding hydrogens is 539 g/mol. The summed E-state index contributed by atoms with van der Waals surface area (Å²) in [6, 6.07) is 17.8. The van der Waals surface area contributed by atoms with Gasteiger partial charge in [-0.05, 0) is 86.8 Å². The first-order chi connectivity index (χ1) is 19.6. The zero-order valence-corrected chi connectivity index (χ0v) is 26.8. The van der Waals surface area contributed by atoms with E-state index in [-0.39, 0.29) is 0 Å². The number of allylic oxidation sites excluding steroid dienone is 2. The van der Waals surface area contributed by atoms with Crippen LogP contribution < -0.4 is 0 Å². The minimum atomic E-state index is 0.819. The zero-order chi connectivity index (χ0) is 29.2. The van der Waals surface area contributed by atoms with Crippen LogP contribution in [0.3, 0.4) is 0 Å². The van der Waals surface area contributed by atoms with Crippen molar-refractivity contribution >= 4 is 11.4 Å². The van der Waals surface area contributed by atoms with Crippen molar-refractivity contribution in [2.75, 3.05) is 14.2 Å². The van der Waals surface area contributed by atoms with Crippen LogP contribution in [-0.2, 0) is 35.7 Å². The Kier molecular flexibility index (Phi) is 17.0. The summed E-state index contributed by atoms with van der Waals surface area (Å²) in [6.07, 6.45) is 14.9. The van der Waals surface area contributed by atoms with E-state index in [9.17, 15) is 5.53 Å². The monoisotopic (exact) mass is 590 g/mol. The van der Waals surface area contributed by atoms with Gasteiger partial charge < -0.3 is 5.53 Å². The average molecular weight is 592 g/mol. The fraction of sp³-hybridized carbons (Fsp3) is 0.543. The Labute approximate surface area is 251 Å². The van der Waals surface area contributed by atoms with Crippen LogP contribution in [0.2, 0.25) is 0 Å². The van der Waals surface area contributed by atoms with Crippen LogP contribution in [0.4, 0.5) is 0 Å². The molecule has 1 aliphatic rings. The van der Waals surface area contributed by atoms with Crippen LogP contribution in [0.1, 0.15) is 121 Å². The number of hydrogen-bond donors (Lipinski definition) is 0. The third-order valence-electron chi connectivity index (χ3n) is 7.31. The molecule has 0 radical (unpaired) electrons. The first-order valence-corrected chi connectivity index (χ1v) is 16.2. The van der Waals surface area contributed by atoms with E-state index in [0.717, 1.165) is 82.5 Å². The van der Waals surface area contributed by atoms with Gasteiger partial charge >= 0.3 is 37.1 Å². The van der Waals surface area contributed by atoms with Crippen LogP contribution in [0.15, 0.2) is 59.7 Å². The first kappa shape index (κ1) is 34.1. The number of rotatable bonds is 17. The van der Waals surface area contributed by atoms with Gasteiger partial charge in [-0.3, -0.25) is 0 Å². The van der Waals surface area contributed by atoms with Crippen LogP contribution in [-0.4, -0.2) is 18.9 Å². The van der Waals surface area contributed by atoms with Gasteiger partial charge in [-0.1, -0.05) is 84.1 Å². The van der Waals surface area contributed by atoms with Crippen molar-refractivity contribution in [3.8, 4) is 0 Å². The van der Waals surface area contributed by atoms with Crippen molar-refractivity contribution < 1.29 is 27.5 Å². The zero-order valence-electron chi connectivity index (χ0n) is 25.8. The molecule has 0 N–H and O–H groups in total. The summed E-state index contributed by atoms with van der Waals surface area (Å²) in [7, 11) is 3.12. The fourth-order valence-electron chi connectivity index (χ4n) is 5.25. The molecule has 2 aromatic rings. The topological polar surface area (TPSA) is 43.8 Å². The predicted octanol–water partition coefficient (Wildman–Crippen LogP) is 10.5. The summed E-state index contributed by atoms with van der Waals surface area (Å²) in [6.45, 7) is 9.01. The molecule has 3 rings (SSSR count). The molecule has 224 valence electrons. The van der Waals surface area contributed by atoms with E-state index in [1.807, 2.05) is 0 Å². The van der Waals surface area contributed by atoms with Gasteiger partial charge in [0.15, 0.2) is 0 Å². The summed E-state index contributed by atoms with van der Waals surface area (Å²) in [4.78, 5) is 0. The summed E-state index contributed by atoms with van der Waals surface area (Å²) in [5.74, 6) is 0. The number of nitrogens with zero attached hydrogens (tertiary/aromatic N) is 2. The molecule has 1 heterocycles. The quantitative estimate of drug-likeness (QED) is 0.104. The predicted molar refractivity (Wildman–Crippen MR) is 165 cm³/mol. The molecule has 0 aliphatic carbocycles. The van der Waals surface area contributed by atoms with Gasteiger partial charge in [-0.2, -0.15) is 0 Å².